The van der Waals surface area contributed by atoms with Gasteiger partial charge in [0, 0.05) is 17.0 Å². The van der Waals surface area contributed by atoms with Crippen molar-refractivity contribution in [3.05, 3.63) is 64.7 Å². The second-order valence-corrected chi connectivity index (χ2v) is 8.59. The lowest BCUT2D eigenvalue weighted by molar-refractivity contribution is -0.384. The van der Waals surface area contributed by atoms with Gasteiger partial charge in [0.25, 0.3) is 5.69 Å². The van der Waals surface area contributed by atoms with E-state index in [1.165, 1.54) is 23.9 Å². The second-order valence-electron chi connectivity index (χ2n) is 5.06. The minimum Gasteiger partial charge on any atom is -0.258 e. The number of hydrogen-bond acceptors (Lipinski definition) is 5. The zero-order valence-electron chi connectivity index (χ0n) is 12.6. The zero-order valence-corrected chi connectivity index (χ0v) is 14.2. The van der Waals surface area contributed by atoms with Gasteiger partial charge in [0.15, 0.2) is 9.84 Å². The number of sulfone groups is 1. The van der Waals surface area contributed by atoms with Gasteiger partial charge in [-0.3, -0.25) is 10.1 Å². The highest BCUT2D eigenvalue weighted by molar-refractivity contribution is 7.99. The maximum absolute atomic E-state index is 12.4. The van der Waals surface area contributed by atoms with Crippen LogP contribution in [-0.2, 0) is 9.84 Å². The maximum atomic E-state index is 12.4. The van der Waals surface area contributed by atoms with Crippen LogP contribution in [0.4, 0.5) is 5.69 Å². The van der Waals surface area contributed by atoms with Crippen molar-refractivity contribution in [3.8, 4) is 0 Å². The molecule has 0 N–H and O–H groups in total. The van der Waals surface area contributed by atoms with Crippen molar-refractivity contribution in [3.63, 3.8) is 0 Å². The van der Waals surface area contributed by atoms with Crippen LogP contribution in [-0.4, -0.2) is 24.3 Å². The van der Waals surface area contributed by atoms with Crippen molar-refractivity contribution in [2.45, 2.75) is 28.4 Å². The van der Waals surface area contributed by atoms with E-state index in [4.69, 9.17) is 0 Å². The van der Waals surface area contributed by atoms with E-state index in [0.29, 0.717) is 17.1 Å². The van der Waals surface area contributed by atoms with Crippen molar-refractivity contribution >= 4 is 27.3 Å². The first-order valence-corrected chi connectivity index (χ1v) is 9.60. The van der Waals surface area contributed by atoms with Crippen LogP contribution in [0, 0.1) is 10.1 Å². The summed E-state index contributed by atoms with van der Waals surface area (Å²) in [6.07, 6.45) is 0.513. The van der Waals surface area contributed by atoms with E-state index in [9.17, 15) is 18.5 Å². The van der Waals surface area contributed by atoms with Crippen molar-refractivity contribution in [2.24, 2.45) is 0 Å². The molecular weight excluding hydrogens is 334 g/mol. The molecule has 0 radical (unpaired) electrons. The first-order chi connectivity index (χ1) is 10.9. The molecule has 2 aromatic carbocycles. The molecule has 2 rings (SSSR count). The van der Waals surface area contributed by atoms with Crippen LogP contribution >= 0.6 is 11.8 Å². The van der Waals surface area contributed by atoms with E-state index < -0.39 is 20.0 Å². The molecule has 0 aliphatic heterocycles. The summed E-state index contributed by atoms with van der Waals surface area (Å²) in [6, 6.07) is 14.7. The smallest absolute Gasteiger partial charge is 0.258 e. The van der Waals surface area contributed by atoms with Gasteiger partial charge in [-0.05, 0) is 43.4 Å². The number of hydrogen-bond donors (Lipinski definition) is 0. The van der Waals surface area contributed by atoms with Gasteiger partial charge in [-0.15, -0.1) is 11.8 Å². The fourth-order valence-electron chi connectivity index (χ4n) is 2.00. The van der Waals surface area contributed by atoms with E-state index in [-0.39, 0.29) is 5.69 Å². The third kappa shape index (κ3) is 4.56. The van der Waals surface area contributed by atoms with Gasteiger partial charge in [-0.2, -0.15) is 0 Å². The van der Waals surface area contributed by atoms with Crippen LogP contribution in [0.5, 0.6) is 0 Å². The maximum Gasteiger partial charge on any atom is 0.269 e. The van der Waals surface area contributed by atoms with E-state index >= 15 is 0 Å². The molecule has 0 amide bonds. The van der Waals surface area contributed by atoms with E-state index in [2.05, 4.69) is 0 Å². The Hall–Kier alpha value is -1.86. The standard InChI is InChI=1S/C16H17NO4S2/c1-13(23(20,21)16-5-3-2-4-6-16)11-12-22-15-9-7-14(8-10-15)17(18)19/h2-10,13H,11-12H2,1H3. The first-order valence-electron chi connectivity index (χ1n) is 7.07. The lowest BCUT2D eigenvalue weighted by Gasteiger charge is -2.12. The van der Waals surface area contributed by atoms with Crippen molar-refractivity contribution in [1.29, 1.82) is 0 Å². The predicted molar refractivity (Wildman–Crippen MR) is 91.5 cm³/mol. The van der Waals surface area contributed by atoms with Crippen molar-refractivity contribution in [1.82, 2.24) is 0 Å². The van der Waals surface area contributed by atoms with Crippen LogP contribution in [0.25, 0.3) is 0 Å². The topological polar surface area (TPSA) is 77.3 Å². The molecular formula is C16H17NO4S2. The van der Waals surface area contributed by atoms with Crippen molar-refractivity contribution < 1.29 is 13.3 Å². The summed E-state index contributed by atoms with van der Waals surface area (Å²) < 4.78 is 24.8. The van der Waals surface area contributed by atoms with Crippen LogP contribution in [0.3, 0.4) is 0 Å². The first kappa shape index (κ1) is 17.5. The van der Waals surface area contributed by atoms with Gasteiger partial charge in [0.2, 0.25) is 0 Å². The highest BCUT2D eigenvalue weighted by Gasteiger charge is 2.22. The van der Waals surface area contributed by atoms with Crippen LogP contribution in [0.15, 0.2) is 64.4 Å². The molecule has 7 heteroatoms. The summed E-state index contributed by atoms with van der Waals surface area (Å²) in [5.41, 5.74) is 0.0503. The number of nitrogens with zero attached hydrogens (tertiary/aromatic N) is 1. The Balaban J connectivity index is 1.92. The lowest BCUT2D eigenvalue weighted by atomic mass is 10.3. The molecule has 0 fully saturated rings. The minimum atomic E-state index is -3.31. The molecule has 1 atom stereocenters. The highest BCUT2D eigenvalue weighted by atomic mass is 32.2. The molecule has 0 aliphatic rings. The molecule has 0 spiro atoms. The number of rotatable bonds is 7. The molecule has 0 aliphatic carbocycles. The minimum absolute atomic E-state index is 0.0503. The molecule has 5 nitrogen and oxygen atoms in total. The van der Waals surface area contributed by atoms with Gasteiger partial charge >= 0.3 is 0 Å². The summed E-state index contributed by atoms with van der Waals surface area (Å²) in [5.74, 6) is 0.630. The fraction of sp³-hybridized carbons (Fsp3) is 0.250. The Morgan fingerprint density at radius 3 is 2.26 bits per heavy atom. The quantitative estimate of drug-likeness (QED) is 0.429. The number of thioether (sulfide) groups is 1. The Bertz CT molecular complexity index is 758. The number of nitro groups is 1. The summed E-state index contributed by atoms with van der Waals surface area (Å²) in [7, 11) is -3.31. The van der Waals surface area contributed by atoms with Crippen LogP contribution in [0.1, 0.15) is 13.3 Å². The fourth-order valence-corrected chi connectivity index (χ4v) is 4.62. The number of nitro benzene ring substituents is 1. The van der Waals surface area contributed by atoms with E-state index in [1.54, 1.807) is 49.4 Å². The summed E-state index contributed by atoms with van der Waals surface area (Å²) in [5, 5.41) is 10.1. The molecule has 23 heavy (non-hydrogen) atoms. The van der Waals surface area contributed by atoms with Gasteiger partial charge in [-0.25, -0.2) is 8.42 Å². The Labute approximate surface area is 139 Å². The Kier molecular flexibility index (Phi) is 5.79. The third-order valence-electron chi connectivity index (χ3n) is 3.44. The van der Waals surface area contributed by atoms with Crippen molar-refractivity contribution in [2.75, 3.05) is 5.75 Å². The third-order valence-corrected chi connectivity index (χ3v) is 6.71. The van der Waals surface area contributed by atoms with Gasteiger partial charge in [0.05, 0.1) is 15.1 Å². The van der Waals surface area contributed by atoms with Gasteiger partial charge < -0.3 is 0 Å². The van der Waals surface area contributed by atoms with Crippen LogP contribution in [0.2, 0.25) is 0 Å². The van der Waals surface area contributed by atoms with Gasteiger partial charge in [0.1, 0.15) is 0 Å². The summed E-state index contributed by atoms with van der Waals surface area (Å²) in [6.45, 7) is 1.71. The zero-order chi connectivity index (χ0) is 16.9. The second kappa shape index (κ2) is 7.61. The monoisotopic (exact) mass is 351 g/mol. The Morgan fingerprint density at radius 2 is 1.70 bits per heavy atom. The Morgan fingerprint density at radius 1 is 1.09 bits per heavy atom. The molecule has 122 valence electrons. The van der Waals surface area contributed by atoms with Crippen LogP contribution < -0.4 is 0 Å². The number of non-ortho nitro benzene ring substituents is 1. The summed E-state index contributed by atoms with van der Waals surface area (Å²) in [4.78, 5) is 11.4. The largest absolute Gasteiger partial charge is 0.269 e. The average molecular weight is 351 g/mol. The predicted octanol–water partition coefficient (Wildman–Crippen LogP) is 3.94. The van der Waals surface area contributed by atoms with E-state index in [1.807, 2.05) is 0 Å². The molecule has 0 bridgehead atoms. The normalized spacial score (nSPS) is 12.7. The molecule has 0 heterocycles. The molecule has 2 aromatic rings. The highest BCUT2D eigenvalue weighted by Crippen LogP contribution is 2.25. The molecule has 0 saturated heterocycles. The molecule has 1 unspecified atom stereocenters. The molecule has 0 aromatic heterocycles. The average Bonchev–Trinajstić information content (AvgIpc) is 2.56. The lowest BCUT2D eigenvalue weighted by Crippen LogP contribution is -2.18. The summed E-state index contributed by atoms with van der Waals surface area (Å²) >= 11 is 1.49. The van der Waals surface area contributed by atoms with E-state index in [0.717, 1.165) is 4.90 Å². The number of benzene rings is 2. The SMILES string of the molecule is CC(CCSc1ccc([N+](=O)[O-])cc1)S(=O)(=O)c1ccccc1. The molecule has 0 saturated carbocycles. The van der Waals surface area contributed by atoms with Gasteiger partial charge in [-0.1, -0.05) is 18.2 Å².